The third-order valence-corrected chi connectivity index (χ3v) is 4.63. The zero-order chi connectivity index (χ0) is 14.5. The van der Waals surface area contributed by atoms with E-state index in [1.807, 2.05) is 5.38 Å². The summed E-state index contributed by atoms with van der Waals surface area (Å²) in [5, 5.41) is 14.0. The van der Waals surface area contributed by atoms with E-state index >= 15 is 0 Å². The van der Waals surface area contributed by atoms with E-state index in [4.69, 9.17) is 0 Å². The number of aryl methyl sites for hydroxylation is 1. The van der Waals surface area contributed by atoms with Gasteiger partial charge in [0.25, 0.3) is 0 Å². The Bertz CT molecular complexity index is 487. The second-order valence-electron chi connectivity index (χ2n) is 4.92. The molecule has 0 saturated carbocycles. The molecule has 0 aliphatic carbocycles. The van der Waals surface area contributed by atoms with Crippen molar-refractivity contribution in [2.75, 3.05) is 6.54 Å². The molecule has 0 aromatic carbocycles. The fourth-order valence-corrected chi connectivity index (χ4v) is 3.44. The second kappa shape index (κ2) is 6.74. The maximum absolute atomic E-state index is 12.2. The van der Waals surface area contributed by atoms with Gasteiger partial charge in [-0.15, -0.1) is 11.3 Å². The third kappa shape index (κ3) is 3.30. The molecule has 6 heteroatoms. The van der Waals surface area contributed by atoms with E-state index in [1.54, 1.807) is 11.3 Å². The molecule has 5 nitrogen and oxygen atoms in total. The molecule has 1 atom stereocenters. The summed E-state index contributed by atoms with van der Waals surface area (Å²) < 4.78 is 0. The number of amides is 2. The molecular weight excluding hydrogens is 276 g/mol. The van der Waals surface area contributed by atoms with Gasteiger partial charge in [0.05, 0.1) is 6.54 Å². The van der Waals surface area contributed by atoms with Crippen LogP contribution in [0, 0.1) is 0 Å². The molecule has 2 amide bonds. The molecule has 1 unspecified atom stereocenters. The van der Waals surface area contributed by atoms with Crippen molar-refractivity contribution in [2.24, 2.45) is 0 Å². The van der Waals surface area contributed by atoms with Crippen LogP contribution in [0.5, 0.6) is 0 Å². The van der Waals surface area contributed by atoms with E-state index in [1.165, 1.54) is 10.5 Å². The number of nitrogens with zero attached hydrogens (tertiary/aromatic N) is 1. The normalized spacial score (nSPS) is 18.9. The summed E-state index contributed by atoms with van der Waals surface area (Å²) in [4.78, 5) is 25.9. The average molecular weight is 296 g/mol. The highest BCUT2D eigenvalue weighted by Crippen LogP contribution is 2.19. The Morgan fingerprint density at radius 1 is 1.50 bits per heavy atom. The van der Waals surface area contributed by atoms with Gasteiger partial charge < -0.3 is 15.3 Å². The first-order valence-electron chi connectivity index (χ1n) is 6.96. The number of nitrogens with one attached hydrogen (secondary N) is 1. The van der Waals surface area contributed by atoms with Crippen LogP contribution < -0.4 is 5.32 Å². The van der Waals surface area contributed by atoms with Crippen molar-refractivity contribution in [3.63, 3.8) is 0 Å². The molecule has 110 valence electrons. The fourth-order valence-electron chi connectivity index (χ4n) is 2.53. The van der Waals surface area contributed by atoms with Crippen molar-refractivity contribution in [3.8, 4) is 0 Å². The minimum absolute atomic E-state index is 0.271. The number of thiophene rings is 1. The van der Waals surface area contributed by atoms with E-state index in [0.29, 0.717) is 19.5 Å². The fraction of sp³-hybridized carbons (Fsp3) is 0.571. The molecule has 0 bridgehead atoms. The third-order valence-electron chi connectivity index (χ3n) is 3.67. The molecule has 1 aromatic heterocycles. The van der Waals surface area contributed by atoms with E-state index in [0.717, 1.165) is 24.1 Å². The van der Waals surface area contributed by atoms with Gasteiger partial charge in [-0.2, -0.15) is 0 Å². The highest BCUT2D eigenvalue weighted by atomic mass is 32.1. The Labute approximate surface area is 122 Å². The SMILES string of the molecule is CCc1ccsc1CNC(=O)N1CCCCC1C(=O)O. The number of carbonyl (C=O) groups is 2. The maximum Gasteiger partial charge on any atom is 0.326 e. The van der Waals surface area contributed by atoms with Crippen LogP contribution in [0.2, 0.25) is 0 Å². The summed E-state index contributed by atoms with van der Waals surface area (Å²) in [5.74, 6) is -0.912. The Morgan fingerprint density at radius 2 is 2.30 bits per heavy atom. The number of piperidine rings is 1. The molecule has 20 heavy (non-hydrogen) atoms. The van der Waals surface area contributed by atoms with Crippen molar-refractivity contribution in [2.45, 2.75) is 45.2 Å². The first kappa shape index (κ1) is 14.8. The van der Waals surface area contributed by atoms with E-state index in [-0.39, 0.29) is 6.03 Å². The van der Waals surface area contributed by atoms with Gasteiger partial charge >= 0.3 is 12.0 Å². The predicted molar refractivity (Wildman–Crippen MR) is 77.9 cm³/mol. The highest BCUT2D eigenvalue weighted by Gasteiger charge is 2.31. The standard InChI is InChI=1S/C14H20N2O3S/c1-2-10-6-8-20-12(10)9-15-14(19)16-7-4-3-5-11(16)13(17)18/h6,8,11H,2-5,7,9H2,1H3,(H,15,19)(H,17,18). The van der Waals surface area contributed by atoms with Gasteiger partial charge in [-0.1, -0.05) is 6.92 Å². The van der Waals surface area contributed by atoms with Crippen LogP contribution in [-0.2, 0) is 17.8 Å². The van der Waals surface area contributed by atoms with E-state index in [2.05, 4.69) is 18.3 Å². The number of aliphatic carboxylic acids is 1. The van der Waals surface area contributed by atoms with Crippen LogP contribution in [0.1, 0.15) is 36.6 Å². The van der Waals surface area contributed by atoms with Gasteiger partial charge in [0.2, 0.25) is 0 Å². The smallest absolute Gasteiger partial charge is 0.326 e. The summed E-state index contributed by atoms with van der Waals surface area (Å²) in [5.41, 5.74) is 1.24. The number of urea groups is 1. The minimum atomic E-state index is -0.912. The molecule has 2 heterocycles. The summed E-state index contributed by atoms with van der Waals surface area (Å²) in [6.07, 6.45) is 3.22. The lowest BCUT2D eigenvalue weighted by atomic mass is 10.0. The Morgan fingerprint density at radius 3 is 3.00 bits per heavy atom. The van der Waals surface area contributed by atoms with Crippen LogP contribution in [-0.4, -0.2) is 34.6 Å². The number of carboxylic acids is 1. The second-order valence-corrected chi connectivity index (χ2v) is 5.93. The van der Waals surface area contributed by atoms with Gasteiger partial charge in [0, 0.05) is 11.4 Å². The van der Waals surface area contributed by atoms with Crippen LogP contribution >= 0.6 is 11.3 Å². The van der Waals surface area contributed by atoms with Crippen molar-refractivity contribution in [1.29, 1.82) is 0 Å². The number of carboxylic acid groups (broad SMARTS) is 1. The Kier molecular flexibility index (Phi) is 5.00. The number of carbonyl (C=O) groups excluding carboxylic acids is 1. The van der Waals surface area contributed by atoms with Crippen LogP contribution in [0.15, 0.2) is 11.4 Å². The Hall–Kier alpha value is -1.56. The highest BCUT2D eigenvalue weighted by molar-refractivity contribution is 7.10. The van der Waals surface area contributed by atoms with Gasteiger partial charge in [-0.3, -0.25) is 0 Å². The van der Waals surface area contributed by atoms with Crippen LogP contribution in [0.25, 0.3) is 0 Å². The summed E-state index contributed by atoms with van der Waals surface area (Å²) >= 11 is 1.62. The lowest BCUT2D eigenvalue weighted by Gasteiger charge is -2.32. The lowest BCUT2D eigenvalue weighted by molar-refractivity contribution is -0.143. The number of hydrogen-bond donors (Lipinski definition) is 2. The molecule has 1 saturated heterocycles. The van der Waals surface area contributed by atoms with Crippen LogP contribution in [0.3, 0.4) is 0 Å². The minimum Gasteiger partial charge on any atom is -0.480 e. The van der Waals surface area contributed by atoms with Crippen LogP contribution in [0.4, 0.5) is 4.79 Å². The van der Waals surface area contributed by atoms with Crippen molar-refractivity contribution in [1.82, 2.24) is 10.2 Å². The monoisotopic (exact) mass is 296 g/mol. The maximum atomic E-state index is 12.2. The summed E-state index contributed by atoms with van der Waals surface area (Å²) in [6.45, 7) is 3.08. The average Bonchev–Trinajstić information content (AvgIpc) is 2.92. The van der Waals surface area contributed by atoms with E-state index < -0.39 is 12.0 Å². The zero-order valence-electron chi connectivity index (χ0n) is 11.6. The molecule has 0 radical (unpaired) electrons. The van der Waals surface area contributed by atoms with Crippen molar-refractivity contribution in [3.05, 3.63) is 21.9 Å². The van der Waals surface area contributed by atoms with Gasteiger partial charge in [0.15, 0.2) is 0 Å². The van der Waals surface area contributed by atoms with Gasteiger partial charge in [-0.05, 0) is 42.7 Å². The summed E-state index contributed by atoms with van der Waals surface area (Å²) in [6, 6.07) is 1.11. The van der Waals surface area contributed by atoms with Gasteiger partial charge in [0.1, 0.15) is 6.04 Å². The molecule has 1 fully saturated rings. The molecule has 1 aliphatic heterocycles. The predicted octanol–water partition coefficient (Wildman–Crippen LogP) is 2.46. The quantitative estimate of drug-likeness (QED) is 0.896. The zero-order valence-corrected chi connectivity index (χ0v) is 12.4. The molecule has 2 N–H and O–H groups in total. The number of likely N-dealkylation sites (tertiary alicyclic amines) is 1. The van der Waals surface area contributed by atoms with Crippen molar-refractivity contribution >= 4 is 23.3 Å². The molecular formula is C14H20N2O3S. The molecule has 2 rings (SSSR count). The molecule has 1 aliphatic rings. The summed E-state index contributed by atoms with van der Waals surface area (Å²) in [7, 11) is 0. The molecule has 1 aromatic rings. The topological polar surface area (TPSA) is 69.6 Å². The first-order valence-corrected chi connectivity index (χ1v) is 7.84. The lowest BCUT2D eigenvalue weighted by Crippen LogP contribution is -2.51. The van der Waals surface area contributed by atoms with Gasteiger partial charge in [-0.25, -0.2) is 9.59 Å². The first-order chi connectivity index (χ1) is 9.63. The number of hydrogen-bond acceptors (Lipinski definition) is 3. The van der Waals surface area contributed by atoms with Crippen molar-refractivity contribution < 1.29 is 14.7 Å². The Balaban J connectivity index is 1.95. The van der Waals surface area contributed by atoms with E-state index in [9.17, 15) is 14.7 Å². The number of rotatable bonds is 4. The molecule has 0 spiro atoms. The largest absolute Gasteiger partial charge is 0.480 e.